The van der Waals surface area contributed by atoms with Gasteiger partial charge in [-0.2, -0.15) is 9.78 Å². The summed E-state index contributed by atoms with van der Waals surface area (Å²) in [4.78, 5) is 12.6. The molecule has 0 aliphatic heterocycles. The maximum atomic E-state index is 12.6. The molecule has 0 saturated heterocycles. The van der Waals surface area contributed by atoms with Crippen LogP contribution in [-0.4, -0.2) is 34.2 Å². The van der Waals surface area contributed by atoms with Crippen molar-refractivity contribution in [2.75, 3.05) is 13.7 Å². The summed E-state index contributed by atoms with van der Waals surface area (Å²) in [6, 6.07) is 13.5. The third-order valence-electron chi connectivity index (χ3n) is 4.05. The van der Waals surface area contributed by atoms with E-state index in [1.54, 1.807) is 62.5 Å². The number of aliphatic hydroxyl groups is 1. The fourth-order valence-electron chi connectivity index (χ4n) is 2.58. The highest BCUT2D eigenvalue weighted by molar-refractivity contribution is 6.30. The number of methoxy groups -OCH3 is 1. The van der Waals surface area contributed by atoms with Gasteiger partial charge in [-0.25, -0.2) is 0 Å². The van der Waals surface area contributed by atoms with Gasteiger partial charge < -0.3 is 19.3 Å². The van der Waals surface area contributed by atoms with Gasteiger partial charge in [-0.15, -0.1) is 0 Å². The van der Waals surface area contributed by atoms with Crippen molar-refractivity contribution in [2.24, 2.45) is 0 Å². The molecule has 1 N–H and O–H groups in total. The van der Waals surface area contributed by atoms with E-state index in [9.17, 15) is 9.90 Å². The topological polar surface area (TPSA) is 82.8 Å². The predicted molar refractivity (Wildman–Crippen MR) is 114 cm³/mol. The summed E-state index contributed by atoms with van der Waals surface area (Å²) in [6.45, 7) is 3.60. The first-order chi connectivity index (χ1) is 14.2. The molecule has 0 unspecified atom stereocenters. The summed E-state index contributed by atoms with van der Waals surface area (Å²) >= 11 is 5.86. The minimum absolute atomic E-state index is 0.100. The first-order valence-electron chi connectivity index (χ1n) is 9.25. The number of rotatable bonds is 8. The van der Waals surface area contributed by atoms with Gasteiger partial charge in [0.1, 0.15) is 19.0 Å². The van der Waals surface area contributed by atoms with Gasteiger partial charge in [0.25, 0.3) is 5.56 Å². The number of halogens is 1. The lowest BCUT2D eigenvalue weighted by atomic mass is 10.2. The molecule has 3 rings (SSSR count). The minimum Gasteiger partial charge on any atom is -0.493 e. The molecule has 8 heteroatoms. The molecule has 30 heavy (non-hydrogen) atoms. The predicted octanol–water partition coefficient (Wildman–Crippen LogP) is 3.62. The van der Waals surface area contributed by atoms with E-state index in [4.69, 9.17) is 25.8 Å². The second-order valence-electron chi connectivity index (χ2n) is 7.29. The van der Waals surface area contributed by atoms with Crippen molar-refractivity contribution in [2.45, 2.75) is 26.1 Å². The van der Waals surface area contributed by atoms with E-state index in [1.807, 2.05) is 0 Å². The monoisotopic (exact) mass is 430 g/mol. The van der Waals surface area contributed by atoms with E-state index in [2.05, 4.69) is 5.10 Å². The van der Waals surface area contributed by atoms with E-state index in [0.29, 0.717) is 33.5 Å². The highest BCUT2D eigenvalue weighted by Crippen LogP contribution is 2.29. The van der Waals surface area contributed by atoms with Gasteiger partial charge in [0.2, 0.25) is 0 Å². The Morgan fingerprint density at radius 3 is 2.43 bits per heavy atom. The first-order valence-corrected chi connectivity index (χ1v) is 9.63. The molecule has 0 saturated carbocycles. The highest BCUT2D eigenvalue weighted by Gasteiger charge is 2.16. The maximum absolute atomic E-state index is 12.6. The van der Waals surface area contributed by atoms with E-state index in [-0.39, 0.29) is 18.8 Å². The lowest BCUT2D eigenvalue weighted by Gasteiger charge is -2.19. The average Bonchev–Trinajstić information content (AvgIpc) is 2.71. The number of hydrogen-bond donors (Lipinski definition) is 1. The van der Waals surface area contributed by atoms with E-state index in [1.165, 1.54) is 17.9 Å². The van der Waals surface area contributed by atoms with Crippen molar-refractivity contribution in [3.05, 3.63) is 75.7 Å². The van der Waals surface area contributed by atoms with Crippen molar-refractivity contribution in [1.82, 2.24) is 9.78 Å². The Bertz CT molecular complexity index is 1060. The van der Waals surface area contributed by atoms with E-state index in [0.717, 1.165) is 0 Å². The number of ether oxygens (including phenoxy) is 3. The molecular weight excluding hydrogens is 408 g/mol. The second-order valence-corrected chi connectivity index (χ2v) is 7.73. The summed E-state index contributed by atoms with van der Waals surface area (Å²) in [5.41, 5.74) is -0.119. The largest absolute Gasteiger partial charge is 0.493 e. The maximum Gasteiger partial charge on any atom is 0.271 e. The van der Waals surface area contributed by atoms with Crippen LogP contribution in [0.4, 0.5) is 0 Å². The van der Waals surface area contributed by atoms with Crippen LogP contribution in [0.15, 0.2) is 59.5 Å². The van der Waals surface area contributed by atoms with Gasteiger partial charge in [0, 0.05) is 22.7 Å². The van der Waals surface area contributed by atoms with Crippen molar-refractivity contribution in [3.63, 3.8) is 0 Å². The lowest BCUT2D eigenvalue weighted by Crippen LogP contribution is -2.28. The lowest BCUT2D eigenvalue weighted by molar-refractivity contribution is 0.0276. The van der Waals surface area contributed by atoms with Crippen LogP contribution in [0.25, 0.3) is 5.69 Å². The van der Waals surface area contributed by atoms with Crippen LogP contribution in [0.3, 0.4) is 0 Å². The van der Waals surface area contributed by atoms with Crippen molar-refractivity contribution >= 4 is 11.6 Å². The van der Waals surface area contributed by atoms with Gasteiger partial charge in [-0.05, 0) is 50.2 Å². The number of nitrogens with zero attached hydrogens (tertiary/aromatic N) is 2. The molecule has 0 radical (unpaired) electrons. The third-order valence-corrected chi connectivity index (χ3v) is 4.30. The third kappa shape index (κ3) is 5.75. The zero-order valence-electron chi connectivity index (χ0n) is 17.0. The minimum atomic E-state index is -0.980. The van der Waals surface area contributed by atoms with Crippen LogP contribution in [-0.2, 0) is 6.61 Å². The molecule has 0 atom stereocenters. The Hall–Kier alpha value is -3.03. The Morgan fingerprint density at radius 1 is 1.07 bits per heavy atom. The van der Waals surface area contributed by atoms with Gasteiger partial charge in [-0.1, -0.05) is 11.6 Å². The van der Waals surface area contributed by atoms with Crippen LogP contribution in [0.5, 0.6) is 17.2 Å². The highest BCUT2D eigenvalue weighted by atomic mass is 35.5. The zero-order chi connectivity index (χ0) is 21.7. The van der Waals surface area contributed by atoms with Gasteiger partial charge in [0.05, 0.1) is 24.6 Å². The Labute approximate surface area is 179 Å². The summed E-state index contributed by atoms with van der Waals surface area (Å²) < 4.78 is 17.9. The van der Waals surface area contributed by atoms with Crippen molar-refractivity contribution < 1.29 is 19.3 Å². The van der Waals surface area contributed by atoms with Crippen molar-refractivity contribution in [1.29, 1.82) is 0 Å². The SMILES string of the molecule is COc1cc(-n2ncc(COc3ccc(Cl)cc3)cc2=O)ccc1OCC(C)(C)O. The standard InChI is InChI=1S/C22H23ClN2O5/c1-22(2,27)14-30-19-9-6-17(11-20(19)28-3)25-21(26)10-15(12-24-25)13-29-18-7-4-16(23)5-8-18/h4-12,27H,13-14H2,1-3H3. The van der Waals surface area contributed by atoms with E-state index >= 15 is 0 Å². The summed E-state index contributed by atoms with van der Waals surface area (Å²) in [6.07, 6.45) is 1.57. The molecule has 158 valence electrons. The fraction of sp³-hybridized carbons (Fsp3) is 0.273. The van der Waals surface area contributed by atoms with Crippen LogP contribution in [0, 0.1) is 0 Å². The molecule has 0 fully saturated rings. The molecule has 3 aromatic rings. The molecular formula is C22H23ClN2O5. The normalized spacial score (nSPS) is 11.2. The Balaban J connectivity index is 1.75. The van der Waals surface area contributed by atoms with E-state index < -0.39 is 5.60 Å². The molecule has 7 nitrogen and oxygen atoms in total. The molecule has 0 amide bonds. The van der Waals surface area contributed by atoms with Crippen LogP contribution < -0.4 is 19.8 Å². The van der Waals surface area contributed by atoms with Crippen LogP contribution in [0.2, 0.25) is 5.02 Å². The summed E-state index contributed by atoms with van der Waals surface area (Å²) in [7, 11) is 1.50. The molecule has 1 aromatic heterocycles. The fourth-order valence-corrected chi connectivity index (χ4v) is 2.70. The van der Waals surface area contributed by atoms with Gasteiger partial charge in [-0.3, -0.25) is 4.79 Å². The second kappa shape index (κ2) is 9.19. The number of hydrogen-bond acceptors (Lipinski definition) is 6. The van der Waals surface area contributed by atoms with Gasteiger partial charge >= 0.3 is 0 Å². The van der Waals surface area contributed by atoms with Crippen LogP contribution in [0.1, 0.15) is 19.4 Å². The Kier molecular flexibility index (Phi) is 6.64. The Morgan fingerprint density at radius 2 is 1.80 bits per heavy atom. The quantitative estimate of drug-likeness (QED) is 0.587. The zero-order valence-corrected chi connectivity index (χ0v) is 17.7. The number of aromatic nitrogens is 2. The molecule has 2 aromatic carbocycles. The molecule has 0 spiro atoms. The smallest absolute Gasteiger partial charge is 0.271 e. The van der Waals surface area contributed by atoms with Gasteiger partial charge in [0.15, 0.2) is 11.5 Å². The summed E-state index contributed by atoms with van der Waals surface area (Å²) in [5.74, 6) is 1.54. The molecule has 0 aliphatic rings. The molecule has 0 bridgehead atoms. The first kappa shape index (κ1) is 21.7. The number of benzene rings is 2. The van der Waals surface area contributed by atoms with Crippen molar-refractivity contribution in [3.8, 4) is 22.9 Å². The molecule has 1 heterocycles. The van der Waals surface area contributed by atoms with Crippen LogP contribution >= 0.6 is 11.6 Å². The summed E-state index contributed by atoms with van der Waals surface area (Å²) in [5, 5.41) is 14.7. The molecule has 0 aliphatic carbocycles. The average molecular weight is 431 g/mol.